The number of piperazine rings is 1. The van der Waals surface area contributed by atoms with Gasteiger partial charge in [0.05, 0.1) is 12.0 Å². The lowest BCUT2D eigenvalue weighted by atomic mass is 9.67. The molecule has 2 aliphatic heterocycles. The highest BCUT2D eigenvalue weighted by Gasteiger charge is 2.51. The van der Waals surface area contributed by atoms with Gasteiger partial charge in [-0.1, -0.05) is 31.0 Å². The van der Waals surface area contributed by atoms with Gasteiger partial charge < -0.3 is 15.5 Å². The topological polar surface area (TPSA) is 64.7 Å². The minimum Gasteiger partial charge on any atom is -0.340 e. The molecule has 3 fully saturated rings. The molecule has 0 aromatic heterocycles. The van der Waals surface area contributed by atoms with Crippen LogP contribution in [0.25, 0.3) is 0 Å². The molecule has 1 aromatic carbocycles. The number of amides is 2. The molecule has 2 heterocycles. The quantitative estimate of drug-likeness (QED) is 0.709. The molecule has 2 amide bonds. The van der Waals surface area contributed by atoms with Crippen molar-refractivity contribution in [2.75, 3.05) is 51.1 Å². The number of benzene rings is 1. The minimum atomic E-state index is -0.167. The molecule has 6 nitrogen and oxygen atoms in total. The Morgan fingerprint density at radius 3 is 2.45 bits per heavy atom. The summed E-state index contributed by atoms with van der Waals surface area (Å²) in [4.78, 5) is 30.2. The van der Waals surface area contributed by atoms with Crippen LogP contribution in [-0.4, -0.2) is 67.4 Å². The Labute approximate surface area is 198 Å². The first-order valence-electron chi connectivity index (χ1n) is 11.1. The molecular formula is C23H36Cl2N4O2. The second-order valence-electron chi connectivity index (χ2n) is 9.11. The van der Waals surface area contributed by atoms with E-state index in [1.807, 2.05) is 32.0 Å². The Morgan fingerprint density at radius 1 is 1.10 bits per heavy atom. The zero-order valence-corrected chi connectivity index (χ0v) is 20.2. The number of hydrogen-bond donors (Lipinski definition) is 2. The Morgan fingerprint density at radius 2 is 1.77 bits per heavy atom. The Bertz CT molecular complexity index is 763. The molecule has 174 valence electrons. The zero-order valence-electron chi connectivity index (χ0n) is 18.6. The molecule has 1 aliphatic carbocycles. The first-order chi connectivity index (χ1) is 14.0. The molecule has 4 rings (SSSR count). The van der Waals surface area contributed by atoms with Gasteiger partial charge in [0.15, 0.2) is 0 Å². The Balaban J connectivity index is 0.00000171. The molecular weight excluding hydrogens is 435 g/mol. The van der Waals surface area contributed by atoms with Crippen LogP contribution in [0.2, 0.25) is 0 Å². The van der Waals surface area contributed by atoms with E-state index in [1.165, 1.54) is 19.3 Å². The number of carbonyl (C=O) groups is 2. The molecule has 0 unspecified atom stereocenters. The van der Waals surface area contributed by atoms with Gasteiger partial charge in [0.25, 0.3) is 0 Å². The lowest BCUT2D eigenvalue weighted by Gasteiger charge is -2.43. The van der Waals surface area contributed by atoms with E-state index in [4.69, 9.17) is 0 Å². The maximum absolute atomic E-state index is 13.4. The van der Waals surface area contributed by atoms with Gasteiger partial charge >= 0.3 is 0 Å². The van der Waals surface area contributed by atoms with Crippen molar-refractivity contribution in [3.05, 3.63) is 29.3 Å². The van der Waals surface area contributed by atoms with Crippen LogP contribution in [0, 0.1) is 25.2 Å². The van der Waals surface area contributed by atoms with Crippen LogP contribution in [0.1, 0.15) is 36.8 Å². The van der Waals surface area contributed by atoms with Gasteiger partial charge in [-0.25, -0.2) is 0 Å². The zero-order chi connectivity index (χ0) is 20.4. The van der Waals surface area contributed by atoms with E-state index in [0.29, 0.717) is 18.4 Å². The number of fused-ring (bicyclic) bond motifs is 1. The molecule has 2 N–H and O–H groups in total. The van der Waals surface area contributed by atoms with Crippen molar-refractivity contribution in [3.63, 3.8) is 0 Å². The van der Waals surface area contributed by atoms with Crippen molar-refractivity contribution in [2.24, 2.45) is 11.3 Å². The van der Waals surface area contributed by atoms with Gasteiger partial charge in [-0.15, -0.1) is 24.8 Å². The monoisotopic (exact) mass is 470 g/mol. The van der Waals surface area contributed by atoms with Crippen molar-refractivity contribution >= 4 is 42.3 Å². The maximum Gasteiger partial charge on any atom is 0.238 e. The van der Waals surface area contributed by atoms with Gasteiger partial charge in [-0.3, -0.25) is 14.5 Å². The third-order valence-corrected chi connectivity index (χ3v) is 7.24. The molecule has 2 atom stereocenters. The second-order valence-corrected chi connectivity index (χ2v) is 9.11. The Kier molecular flexibility index (Phi) is 9.19. The minimum absolute atomic E-state index is 0. The standard InChI is InChI=1S/C23H34N4O2.2ClH/c1-17-6-5-7-18(2)21(17)25-20(28)15-26-10-12-27(13-11-26)22(29)23-9-4-3-8-19(23)14-24-16-23;;/h5-7,19,24H,3-4,8-16H2,1-2H3,(H,25,28);2*1H/t19-,23+;;/m0../s1. The summed E-state index contributed by atoms with van der Waals surface area (Å²) in [5, 5.41) is 6.55. The van der Waals surface area contributed by atoms with Gasteiger partial charge in [-0.05, 0) is 50.3 Å². The normalized spacial score (nSPS) is 25.7. The predicted octanol–water partition coefficient (Wildman–Crippen LogP) is 3.01. The number of anilines is 1. The molecule has 1 saturated carbocycles. The van der Waals surface area contributed by atoms with E-state index in [9.17, 15) is 9.59 Å². The smallest absolute Gasteiger partial charge is 0.238 e. The van der Waals surface area contributed by atoms with Crippen LogP contribution in [0.4, 0.5) is 5.69 Å². The van der Waals surface area contributed by atoms with Crippen LogP contribution in [-0.2, 0) is 9.59 Å². The largest absolute Gasteiger partial charge is 0.340 e. The average molecular weight is 471 g/mol. The molecule has 3 aliphatic rings. The van der Waals surface area contributed by atoms with E-state index < -0.39 is 0 Å². The number of aryl methyl sites for hydroxylation is 2. The van der Waals surface area contributed by atoms with Crippen molar-refractivity contribution in [3.8, 4) is 0 Å². The summed E-state index contributed by atoms with van der Waals surface area (Å²) < 4.78 is 0. The van der Waals surface area contributed by atoms with Gasteiger partial charge in [0.2, 0.25) is 11.8 Å². The van der Waals surface area contributed by atoms with E-state index in [-0.39, 0.29) is 36.1 Å². The highest BCUT2D eigenvalue weighted by molar-refractivity contribution is 5.93. The van der Waals surface area contributed by atoms with Crippen molar-refractivity contribution in [2.45, 2.75) is 39.5 Å². The number of carbonyl (C=O) groups excluding carboxylic acids is 2. The summed E-state index contributed by atoms with van der Waals surface area (Å²) in [5.74, 6) is 0.879. The molecule has 0 spiro atoms. The van der Waals surface area contributed by atoms with E-state index in [2.05, 4.69) is 20.4 Å². The van der Waals surface area contributed by atoms with E-state index in [0.717, 1.165) is 62.5 Å². The molecule has 2 saturated heterocycles. The fourth-order valence-electron chi connectivity index (χ4n) is 5.49. The van der Waals surface area contributed by atoms with Gasteiger partial charge in [0.1, 0.15) is 0 Å². The summed E-state index contributed by atoms with van der Waals surface area (Å²) in [7, 11) is 0. The highest BCUT2D eigenvalue weighted by atomic mass is 35.5. The van der Waals surface area contributed by atoms with Crippen LogP contribution < -0.4 is 10.6 Å². The summed E-state index contributed by atoms with van der Waals surface area (Å²) in [6.45, 7) is 9.23. The summed E-state index contributed by atoms with van der Waals surface area (Å²) in [6.07, 6.45) is 4.63. The van der Waals surface area contributed by atoms with Crippen LogP contribution >= 0.6 is 24.8 Å². The van der Waals surface area contributed by atoms with Gasteiger partial charge in [-0.2, -0.15) is 0 Å². The fourth-order valence-corrected chi connectivity index (χ4v) is 5.49. The second kappa shape index (κ2) is 11.0. The van der Waals surface area contributed by atoms with E-state index >= 15 is 0 Å². The number of nitrogens with zero attached hydrogens (tertiary/aromatic N) is 2. The predicted molar refractivity (Wildman–Crippen MR) is 129 cm³/mol. The highest BCUT2D eigenvalue weighted by Crippen LogP contribution is 2.45. The third-order valence-electron chi connectivity index (χ3n) is 7.24. The molecule has 31 heavy (non-hydrogen) atoms. The van der Waals surface area contributed by atoms with Crippen molar-refractivity contribution in [1.29, 1.82) is 0 Å². The first-order valence-corrected chi connectivity index (χ1v) is 11.1. The van der Waals surface area contributed by atoms with Crippen molar-refractivity contribution in [1.82, 2.24) is 15.1 Å². The number of rotatable bonds is 4. The van der Waals surface area contributed by atoms with Gasteiger partial charge in [0, 0.05) is 38.4 Å². The lowest BCUT2D eigenvalue weighted by Crippen LogP contribution is -2.56. The third kappa shape index (κ3) is 5.36. The number of nitrogens with one attached hydrogen (secondary N) is 2. The average Bonchev–Trinajstić information content (AvgIpc) is 3.16. The fraction of sp³-hybridized carbons (Fsp3) is 0.652. The number of halogens is 2. The summed E-state index contributed by atoms with van der Waals surface area (Å²) >= 11 is 0. The summed E-state index contributed by atoms with van der Waals surface area (Å²) in [5.41, 5.74) is 2.92. The Hall–Kier alpha value is -1.34. The SMILES string of the molecule is Cc1cccc(C)c1NC(=O)CN1CCN(C(=O)[C@@]23CCCC[C@H]2CNC3)CC1.Cl.Cl. The van der Waals surface area contributed by atoms with Crippen molar-refractivity contribution < 1.29 is 9.59 Å². The van der Waals surface area contributed by atoms with Crippen LogP contribution in [0.15, 0.2) is 18.2 Å². The molecule has 8 heteroatoms. The van der Waals surface area contributed by atoms with Crippen LogP contribution in [0.3, 0.4) is 0 Å². The maximum atomic E-state index is 13.4. The van der Waals surface area contributed by atoms with E-state index in [1.54, 1.807) is 0 Å². The van der Waals surface area contributed by atoms with Crippen LogP contribution in [0.5, 0.6) is 0 Å². The first kappa shape index (κ1) is 25.9. The number of hydrogen-bond acceptors (Lipinski definition) is 4. The molecule has 0 radical (unpaired) electrons. The lowest BCUT2D eigenvalue weighted by molar-refractivity contribution is -0.147. The number of para-hydroxylation sites is 1. The molecule has 0 bridgehead atoms. The molecule has 1 aromatic rings. The summed E-state index contributed by atoms with van der Waals surface area (Å²) in [6, 6.07) is 6.04.